The van der Waals surface area contributed by atoms with Gasteiger partial charge < -0.3 is 5.73 Å². The normalized spacial score (nSPS) is 17.8. The van der Waals surface area contributed by atoms with Crippen LogP contribution in [0, 0.1) is 0 Å². The van der Waals surface area contributed by atoms with Gasteiger partial charge in [-0.1, -0.05) is 31.2 Å². The first-order chi connectivity index (χ1) is 7.70. The summed E-state index contributed by atoms with van der Waals surface area (Å²) in [5.41, 5.74) is 8.42. The molecule has 1 unspecified atom stereocenters. The third-order valence-electron chi connectivity index (χ3n) is 3.50. The van der Waals surface area contributed by atoms with Gasteiger partial charge >= 0.3 is 0 Å². The van der Waals surface area contributed by atoms with E-state index in [1.165, 1.54) is 24.0 Å². The summed E-state index contributed by atoms with van der Waals surface area (Å²) >= 11 is 0. The van der Waals surface area contributed by atoms with Crippen molar-refractivity contribution >= 4 is 0 Å². The van der Waals surface area contributed by atoms with Crippen molar-refractivity contribution in [3.8, 4) is 0 Å². The van der Waals surface area contributed by atoms with E-state index in [-0.39, 0.29) is 0 Å². The maximum atomic E-state index is 5.66. The zero-order chi connectivity index (χ0) is 11.5. The lowest BCUT2D eigenvalue weighted by atomic mass is 10.00. The van der Waals surface area contributed by atoms with Crippen LogP contribution in [0.15, 0.2) is 24.3 Å². The predicted molar refractivity (Wildman–Crippen MR) is 68.4 cm³/mol. The molecule has 0 spiro atoms. The highest BCUT2D eigenvalue weighted by atomic mass is 15.1. The first-order valence-corrected chi connectivity index (χ1v) is 6.20. The summed E-state index contributed by atoms with van der Waals surface area (Å²) in [6, 6.07) is 9.74. The van der Waals surface area contributed by atoms with Gasteiger partial charge in [-0.2, -0.15) is 0 Å². The molecule has 1 aliphatic rings. The molecule has 1 aliphatic carbocycles. The van der Waals surface area contributed by atoms with E-state index in [2.05, 4.69) is 43.1 Å². The van der Waals surface area contributed by atoms with Crippen LogP contribution in [0.4, 0.5) is 0 Å². The van der Waals surface area contributed by atoms with Crippen LogP contribution in [0.25, 0.3) is 0 Å². The van der Waals surface area contributed by atoms with Crippen LogP contribution in [-0.4, -0.2) is 24.5 Å². The first-order valence-electron chi connectivity index (χ1n) is 6.20. The molecule has 2 nitrogen and oxygen atoms in total. The molecule has 1 atom stereocenters. The Hall–Kier alpha value is -0.860. The molecule has 0 radical (unpaired) electrons. The van der Waals surface area contributed by atoms with Gasteiger partial charge in [-0.15, -0.1) is 0 Å². The average Bonchev–Trinajstić information content (AvgIpc) is 3.13. The summed E-state index contributed by atoms with van der Waals surface area (Å²) in [6.07, 6.45) is 2.75. The Kier molecular flexibility index (Phi) is 3.62. The van der Waals surface area contributed by atoms with E-state index in [4.69, 9.17) is 5.73 Å². The van der Waals surface area contributed by atoms with Crippen molar-refractivity contribution in [3.05, 3.63) is 35.4 Å². The van der Waals surface area contributed by atoms with Gasteiger partial charge in [0, 0.05) is 12.6 Å². The minimum atomic E-state index is 0.468. The van der Waals surface area contributed by atoms with E-state index in [0.29, 0.717) is 5.92 Å². The third kappa shape index (κ3) is 2.83. The van der Waals surface area contributed by atoms with Gasteiger partial charge in [0.15, 0.2) is 0 Å². The van der Waals surface area contributed by atoms with Crippen molar-refractivity contribution in [2.75, 3.05) is 13.6 Å². The van der Waals surface area contributed by atoms with Crippen LogP contribution in [-0.2, 0) is 6.54 Å². The molecular formula is C14H22N2. The van der Waals surface area contributed by atoms with Crippen molar-refractivity contribution in [3.63, 3.8) is 0 Å². The van der Waals surface area contributed by atoms with Crippen LogP contribution in [0.3, 0.4) is 0 Å². The molecule has 1 fully saturated rings. The standard InChI is InChI=1S/C14H22N2/c1-11(9-15)13-5-3-12(4-6-13)10-16(2)14-7-8-14/h3-6,11,14H,7-10,15H2,1-2H3. The van der Waals surface area contributed by atoms with Gasteiger partial charge in [0.1, 0.15) is 0 Å². The van der Waals surface area contributed by atoms with Gasteiger partial charge in [-0.3, -0.25) is 4.90 Å². The topological polar surface area (TPSA) is 29.3 Å². The number of hydrogen-bond donors (Lipinski definition) is 1. The van der Waals surface area contributed by atoms with Crippen LogP contribution in [0.5, 0.6) is 0 Å². The average molecular weight is 218 g/mol. The van der Waals surface area contributed by atoms with Crippen LogP contribution < -0.4 is 5.73 Å². The molecule has 2 heteroatoms. The van der Waals surface area contributed by atoms with Crippen LogP contribution in [0.2, 0.25) is 0 Å². The highest BCUT2D eigenvalue weighted by molar-refractivity contribution is 5.25. The zero-order valence-corrected chi connectivity index (χ0v) is 10.3. The molecule has 16 heavy (non-hydrogen) atoms. The minimum Gasteiger partial charge on any atom is -0.330 e. The molecule has 0 aromatic heterocycles. The molecule has 2 rings (SSSR count). The predicted octanol–water partition coefficient (Wildman–Crippen LogP) is 2.34. The summed E-state index contributed by atoms with van der Waals surface area (Å²) in [6.45, 7) is 3.97. The van der Waals surface area contributed by atoms with E-state index in [0.717, 1.165) is 19.1 Å². The molecular weight excluding hydrogens is 196 g/mol. The molecule has 0 amide bonds. The third-order valence-corrected chi connectivity index (χ3v) is 3.50. The summed E-state index contributed by atoms with van der Waals surface area (Å²) in [5, 5.41) is 0. The Balaban J connectivity index is 1.95. The molecule has 0 heterocycles. The molecule has 0 bridgehead atoms. The fourth-order valence-corrected chi connectivity index (χ4v) is 2.02. The van der Waals surface area contributed by atoms with Gasteiger partial charge in [-0.25, -0.2) is 0 Å². The Morgan fingerprint density at radius 1 is 1.31 bits per heavy atom. The molecule has 1 aromatic rings. The number of benzene rings is 1. The van der Waals surface area contributed by atoms with E-state index in [9.17, 15) is 0 Å². The lowest BCUT2D eigenvalue weighted by Crippen LogP contribution is -2.19. The van der Waals surface area contributed by atoms with E-state index in [1.54, 1.807) is 0 Å². The SMILES string of the molecule is CC(CN)c1ccc(CN(C)C2CC2)cc1. The van der Waals surface area contributed by atoms with Gasteiger partial charge in [0.05, 0.1) is 0 Å². The number of nitrogens with two attached hydrogens (primary N) is 1. The molecule has 0 saturated heterocycles. The van der Waals surface area contributed by atoms with Crippen LogP contribution >= 0.6 is 0 Å². The minimum absolute atomic E-state index is 0.468. The summed E-state index contributed by atoms with van der Waals surface area (Å²) in [5.74, 6) is 0.468. The fourth-order valence-electron chi connectivity index (χ4n) is 2.02. The maximum Gasteiger partial charge on any atom is 0.0233 e. The second-order valence-electron chi connectivity index (χ2n) is 5.02. The van der Waals surface area contributed by atoms with Gasteiger partial charge in [-0.05, 0) is 43.5 Å². The molecule has 1 aromatic carbocycles. The highest BCUT2D eigenvalue weighted by Crippen LogP contribution is 2.26. The zero-order valence-electron chi connectivity index (χ0n) is 10.3. The maximum absolute atomic E-state index is 5.66. The Morgan fingerprint density at radius 2 is 1.94 bits per heavy atom. The molecule has 0 aliphatic heterocycles. The van der Waals surface area contributed by atoms with Crippen molar-refractivity contribution in [1.29, 1.82) is 0 Å². The summed E-state index contributed by atoms with van der Waals surface area (Å²) in [7, 11) is 2.22. The van der Waals surface area contributed by atoms with Crippen molar-refractivity contribution < 1.29 is 0 Å². The smallest absolute Gasteiger partial charge is 0.0233 e. The lowest BCUT2D eigenvalue weighted by molar-refractivity contribution is 0.316. The number of rotatable bonds is 5. The van der Waals surface area contributed by atoms with Crippen LogP contribution in [0.1, 0.15) is 36.8 Å². The fraction of sp³-hybridized carbons (Fsp3) is 0.571. The molecule has 2 N–H and O–H groups in total. The Labute approximate surface area is 98.4 Å². The summed E-state index contributed by atoms with van der Waals surface area (Å²) in [4.78, 5) is 2.45. The second-order valence-corrected chi connectivity index (χ2v) is 5.02. The van der Waals surface area contributed by atoms with E-state index >= 15 is 0 Å². The monoisotopic (exact) mass is 218 g/mol. The Bertz CT molecular complexity index is 327. The Morgan fingerprint density at radius 3 is 2.44 bits per heavy atom. The number of nitrogens with zero attached hydrogens (tertiary/aromatic N) is 1. The first kappa shape index (κ1) is 11.6. The van der Waals surface area contributed by atoms with E-state index in [1.807, 2.05) is 0 Å². The van der Waals surface area contributed by atoms with Crippen molar-refractivity contribution in [1.82, 2.24) is 4.90 Å². The second kappa shape index (κ2) is 4.98. The van der Waals surface area contributed by atoms with Gasteiger partial charge in [0.2, 0.25) is 0 Å². The quantitative estimate of drug-likeness (QED) is 0.822. The lowest BCUT2D eigenvalue weighted by Gasteiger charge is -2.16. The molecule has 88 valence electrons. The molecule has 1 saturated carbocycles. The van der Waals surface area contributed by atoms with Crippen molar-refractivity contribution in [2.45, 2.75) is 38.3 Å². The van der Waals surface area contributed by atoms with E-state index < -0.39 is 0 Å². The van der Waals surface area contributed by atoms with Crippen molar-refractivity contribution in [2.24, 2.45) is 5.73 Å². The highest BCUT2D eigenvalue weighted by Gasteiger charge is 2.25. The van der Waals surface area contributed by atoms with Gasteiger partial charge in [0.25, 0.3) is 0 Å². The largest absolute Gasteiger partial charge is 0.330 e. The summed E-state index contributed by atoms with van der Waals surface area (Å²) < 4.78 is 0. The number of hydrogen-bond acceptors (Lipinski definition) is 2.